The van der Waals surface area contributed by atoms with Gasteiger partial charge in [0.25, 0.3) is 5.56 Å². The maximum absolute atomic E-state index is 12.9. The molecule has 0 bridgehead atoms. The van der Waals surface area contributed by atoms with Crippen LogP contribution in [0.2, 0.25) is 0 Å². The average molecular weight is 403 g/mol. The second-order valence-electron chi connectivity index (χ2n) is 8.01. The Morgan fingerprint density at radius 3 is 2.32 bits per heavy atom. The number of nitrogens with zero attached hydrogens (tertiary/aromatic N) is 4. The highest BCUT2D eigenvalue weighted by Gasteiger charge is 2.23. The summed E-state index contributed by atoms with van der Waals surface area (Å²) >= 11 is 1.46. The van der Waals surface area contributed by atoms with Crippen LogP contribution in [-0.4, -0.2) is 32.3 Å². The summed E-state index contributed by atoms with van der Waals surface area (Å²) in [5, 5.41) is 5.93. The van der Waals surface area contributed by atoms with E-state index in [0.29, 0.717) is 24.1 Å². The van der Waals surface area contributed by atoms with Crippen molar-refractivity contribution in [2.24, 2.45) is 12.5 Å². The van der Waals surface area contributed by atoms with Crippen molar-refractivity contribution in [3.8, 4) is 5.75 Å². The molecule has 7 nitrogen and oxygen atoms in total. The molecule has 0 saturated heterocycles. The molecule has 3 aromatic rings. The normalized spacial score (nSPS) is 11.9. The Balaban J connectivity index is 2.21. The number of thioether (sulfide) groups is 1. The quantitative estimate of drug-likeness (QED) is 0.614. The van der Waals surface area contributed by atoms with Gasteiger partial charge >= 0.3 is 5.69 Å². The van der Waals surface area contributed by atoms with Gasteiger partial charge in [0.05, 0.1) is 13.7 Å². The summed E-state index contributed by atoms with van der Waals surface area (Å²) in [4.78, 5) is 25.6. The van der Waals surface area contributed by atoms with Crippen LogP contribution in [0.5, 0.6) is 5.75 Å². The smallest absolute Gasteiger partial charge is 0.332 e. The summed E-state index contributed by atoms with van der Waals surface area (Å²) in [6.07, 6.45) is 1.92. The third kappa shape index (κ3) is 3.73. The molecule has 2 heterocycles. The number of fused-ring (bicyclic) bond motifs is 1. The van der Waals surface area contributed by atoms with E-state index >= 15 is 0 Å². The number of aromatic nitrogens is 4. The van der Waals surface area contributed by atoms with Crippen LogP contribution < -0.4 is 16.0 Å². The Hall–Kier alpha value is -2.48. The lowest BCUT2D eigenvalue weighted by atomic mass is 9.97. The summed E-state index contributed by atoms with van der Waals surface area (Å²) in [5.41, 5.74) is 0.698. The van der Waals surface area contributed by atoms with Crippen molar-refractivity contribution in [3.05, 3.63) is 50.7 Å². The first-order chi connectivity index (χ1) is 13.2. The minimum Gasteiger partial charge on any atom is -0.497 e. The van der Waals surface area contributed by atoms with Crippen LogP contribution in [0.4, 0.5) is 0 Å². The van der Waals surface area contributed by atoms with E-state index in [9.17, 15) is 9.59 Å². The molecule has 2 aromatic heterocycles. The molecule has 0 atom stereocenters. The van der Waals surface area contributed by atoms with Crippen molar-refractivity contribution in [3.63, 3.8) is 0 Å². The van der Waals surface area contributed by atoms with E-state index in [1.165, 1.54) is 23.4 Å². The standard InChI is InChI=1S/C20H26N4O3S/c1-20(2,3)12-23-16-15(17(25)22(4)19(23)26)18(28-6)24(21-16)11-13-7-9-14(27-5)10-8-13/h7-10H,11-12H2,1-6H3. The van der Waals surface area contributed by atoms with Crippen molar-refractivity contribution in [1.82, 2.24) is 18.9 Å². The van der Waals surface area contributed by atoms with Gasteiger partial charge in [0, 0.05) is 13.6 Å². The van der Waals surface area contributed by atoms with E-state index in [4.69, 9.17) is 4.74 Å². The fourth-order valence-corrected chi connectivity index (χ4v) is 3.87. The van der Waals surface area contributed by atoms with Crippen LogP contribution >= 0.6 is 11.8 Å². The van der Waals surface area contributed by atoms with Crippen LogP contribution in [0.3, 0.4) is 0 Å². The second kappa shape index (κ2) is 7.50. The van der Waals surface area contributed by atoms with Gasteiger partial charge in [-0.15, -0.1) is 11.8 Å². The van der Waals surface area contributed by atoms with Crippen molar-refractivity contribution < 1.29 is 4.74 Å². The Labute approximate surface area is 167 Å². The summed E-state index contributed by atoms with van der Waals surface area (Å²) in [6.45, 7) is 7.15. The van der Waals surface area contributed by atoms with Gasteiger partial charge in [0.1, 0.15) is 16.2 Å². The molecule has 0 N–H and O–H groups in total. The molecule has 0 saturated carbocycles. The monoisotopic (exact) mass is 402 g/mol. The maximum atomic E-state index is 12.9. The number of rotatable bonds is 5. The third-order valence-corrected chi connectivity index (χ3v) is 5.30. The van der Waals surface area contributed by atoms with Crippen LogP contribution in [0, 0.1) is 5.41 Å². The summed E-state index contributed by atoms with van der Waals surface area (Å²) in [5.74, 6) is 0.785. The first-order valence-corrected chi connectivity index (χ1v) is 10.3. The molecular formula is C20H26N4O3S. The minimum absolute atomic E-state index is 0.132. The van der Waals surface area contributed by atoms with E-state index in [-0.39, 0.29) is 16.7 Å². The zero-order valence-corrected chi connectivity index (χ0v) is 18.0. The highest BCUT2D eigenvalue weighted by atomic mass is 32.2. The Kier molecular flexibility index (Phi) is 5.43. The first kappa shape index (κ1) is 20.3. The molecule has 8 heteroatoms. The highest BCUT2D eigenvalue weighted by Crippen LogP contribution is 2.26. The molecule has 28 heavy (non-hydrogen) atoms. The molecule has 150 valence electrons. The molecule has 0 spiro atoms. The van der Waals surface area contributed by atoms with Gasteiger partial charge in [-0.2, -0.15) is 5.10 Å². The van der Waals surface area contributed by atoms with E-state index in [0.717, 1.165) is 16.3 Å². The summed E-state index contributed by atoms with van der Waals surface area (Å²) in [6, 6.07) is 7.73. The third-order valence-electron chi connectivity index (χ3n) is 4.50. The molecule has 3 rings (SSSR count). The molecule has 1 aromatic carbocycles. The fourth-order valence-electron chi connectivity index (χ4n) is 3.17. The van der Waals surface area contributed by atoms with Crippen molar-refractivity contribution in [2.75, 3.05) is 13.4 Å². The van der Waals surface area contributed by atoms with Gasteiger partial charge in [0.15, 0.2) is 5.65 Å². The molecule has 0 aliphatic carbocycles. The number of benzene rings is 1. The molecule has 0 radical (unpaired) electrons. The van der Waals surface area contributed by atoms with Crippen molar-refractivity contribution in [2.45, 2.75) is 38.9 Å². The SMILES string of the molecule is COc1ccc(Cn2nc3c(c2SC)c(=O)n(C)c(=O)n3CC(C)(C)C)cc1. The highest BCUT2D eigenvalue weighted by molar-refractivity contribution is 7.98. The van der Waals surface area contributed by atoms with Crippen molar-refractivity contribution in [1.29, 1.82) is 0 Å². The second-order valence-corrected chi connectivity index (χ2v) is 8.80. The van der Waals surface area contributed by atoms with Crippen molar-refractivity contribution >= 4 is 22.8 Å². The molecule has 0 aliphatic heterocycles. The van der Waals surface area contributed by atoms with E-state index < -0.39 is 0 Å². The van der Waals surface area contributed by atoms with Crippen LogP contribution in [-0.2, 0) is 20.1 Å². The van der Waals surface area contributed by atoms with E-state index in [1.807, 2.05) is 30.5 Å². The Morgan fingerprint density at radius 2 is 1.79 bits per heavy atom. The fraction of sp³-hybridized carbons (Fsp3) is 0.450. The zero-order chi connectivity index (χ0) is 20.6. The van der Waals surface area contributed by atoms with E-state index in [2.05, 4.69) is 25.9 Å². The van der Waals surface area contributed by atoms with Gasteiger partial charge < -0.3 is 4.74 Å². The average Bonchev–Trinajstić information content (AvgIpc) is 3.01. The van der Waals surface area contributed by atoms with Gasteiger partial charge in [0.2, 0.25) is 0 Å². The van der Waals surface area contributed by atoms with Gasteiger partial charge in [-0.1, -0.05) is 32.9 Å². The molecule has 0 aliphatic rings. The van der Waals surface area contributed by atoms with Crippen LogP contribution in [0.15, 0.2) is 38.9 Å². The zero-order valence-electron chi connectivity index (χ0n) is 17.1. The number of hydrogen-bond donors (Lipinski definition) is 0. The lowest BCUT2D eigenvalue weighted by Crippen LogP contribution is -2.40. The lowest BCUT2D eigenvalue weighted by Gasteiger charge is -2.20. The lowest BCUT2D eigenvalue weighted by molar-refractivity contribution is 0.337. The van der Waals surface area contributed by atoms with Gasteiger partial charge in [-0.05, 0) is 29.4 Å². The summed E-state index contributed by atoms with van der Waals surface area (Å²) < 4.78 is 9.80. The molecule has 0 fully saturated rings. The predicted octanol–water partition coefficient (Wildman–Crippen LogP) is 2.72. The largest absolute Gasteiger partial charge is 0.497 e. The topological polar surface area (TPSA) is 71.1 Å². The predicted molar refractivity (Wildman–Crippen MR) is 113 cm³/mol. The van der Waals surface area contributed by atoms with Crippen LogP contribution in [0.1, 0.15) is 26.3 Å². The number of methoxy groups -OCH3 is 1. The van der Waals surface area contributed by atoms with E-state index in [1.54, 1.807) is 16.4 Å². The van der Waals surface area contributed by atoms with Gasteiger partial charge in [-0.3, -0.25) is 18.6 Å². The molecule has 0 unspecified atom stereocenters. The summed E-state index contributed by atoms with van der Waals surface area (Å²) in [7, 11) is 3.15. The maximum Gasteiger partial charge on any atom is 0.332 e. The minimum atomic E-state index is -0.339. The molecule has 0 amide bonds. The van der Waals surface area contributed by atoms with Gasteiger partial charge in [-0.25, -0.2) is 4.79 Å². The number of hydrogen-bond acceptors (Lipinski definition) is 5. The Morgan fingerprint density at radius 1 is 1.14 bits per heavy atom. The number of ether oxygens (including phenoxy) is 1. The molecular weight excluding hydrogens is 376 g/mol. The first-order valence-electron chi connectivity index (χ1n) is 9.03. The van der Waals surface area contributed by atoms with Crippen LogP contribution in [0.25, 0.3) is 11.0 Å². The Bertz CT molecular complexity index is 1120.